The number of ether oxygens (including phenoxy) is 1. The Labute approximate surface area is 207 Å². The van der Waals surface area contributed by atoms with Crippen molar-refractivity contribution in [3.8, 4) is 5.75 Å². The Morgan fingerprint density at radius 1 is 1.16 bits per heavy atom. The minimum absolute atomic E-state index is 0.00835. The molecule has 1 amide bonds. The molecule has 3 heterocycles. The Balaban J connectivity index is 1.34. The zero-order valence-electron chi connectivity index (χ0n) is 19.5. The number of alkyl halides is 3. The maximum absolute atomic E-state index is 12.7. The topological polar surface area (TPSA) is 118 Å². The van der Waals surface area contributed by atoms with Gasteiger partial charge < -0.3 is 24.5 Å². The molecule has 4 aromatic rings. The molecule has 0 saturated carbocycles. The number of carbonyl (C=O) groups is 2. The fourth-order valence-electron chi connectivity index (χ4n) is 4.63. The molecule has 0 bridgehead atoms. The fraction of sp³-hybridized carbons (Fsp3) is 0.280. The molecule has 12 heteroatoms. The number of para-hydroxylation sites is 1. The van der Waals surface area contributed by atoms with Crippen molar-refractivity contribution >= 4 is 45.5 Å². The van der Waals surface area contributed by atoms with Gasteiger partial charge in [0.15, 0.2) is 11.4 Å². The summed E-state index contributed by atoms with van der Waals surface area (Å²) in [5.41, 5.74) is 1.86. The van der Waals surface area contributed by atoms with Crippen LogP contribution >= 0.6 is 0 Å². The van der Waals surface area contributed by atoms with Gasteiger partial charge in [-0.25, -0.2) is 14.8 Å². The maximum atomic E-state index is 12.7. The number of aromatic nitrogens is 2. The van der Waals surface area contributed by atoms with Crippen molar-refractivity contribution in [1.29, 1.82) is 0 Å². The Hall–Kier alpha value is -4.35. The van der Waals surface area contributed by atoms with E-state index in [0.29, 0.717) is 34.0 Å². The van der Waals surface area contributed by atoms with Gasteiger partial charge in [-0.2, -0.15) is 0 Å². The van der Waals surface area contributed by atoms with E-state index < -0.39 is 30.0 Å². The number of fused-ring (bicyclic) bond motifs is 3. The van der Waals surface area contributed by atoms with Crippen LogP contribution in [0, 0.1) is 12.8 Å². The highest BCUT2D eigenvalue weighted by Crippen LogP contribution is 2.38. The van der Waals surface area contributed by atoms with E-state index in [9.17, 15) is 27.9 Å². The third-order valence-corrected chi connectivity index (χ3v) is 6.10. The average Bonchev–Trinajstić information content (AvgIpc) is 3.41. The number of rotatable bonds is 6. The van der Waals surface area contributed by atoms with Crippen molar-refractivity contribution in [2.75, 3.05) is 16.8 Å². The number of nitrogens with one attached hydrogen (secondary N) is 1. The number of carboxylic acids is 1. The average molecular weight is 514 g/mol. The molecule has 9 nitrogen and oxygen atoms in total. The molecule has 1 aliphatic rings. The highest BCUT2D eigenvalue weighted by atomic mass is 19.4. The largest absolute Gasteiger partial charge is 0.573 e. The minimum Gasteiger partial charge on any atom is -0.480 e. The minimum atomic E-state index is -4.81. The second kappa shape index (κ2) is 9.26. The molecule has 1 saturated heterocycles. The SMILES string of the molecule is Cc1nc(N2C[C@@H](CC(=O)Nc3ccc(OC(F)(F)F)cc3)C[C@H]2C(=O)O)c2oc3ccccc3c2n1. The Morgan fingerprint density at radius 3 is 2.59 bits per heavy atom. The lowest BCUT2D eigenvalue weighted by Gasteiger charge is -2.22. The number of carbonyl (C=O) groups excluding carboxylic acids is 1. The van der Waals surface area contributed by atoms with E-state index in [1.54, 1.807) is 17.9 Å². The number of benzene rings is 2. The van der Waals surface area contributed by atoms with Crippen LogP contribution in [0.25, 0.3) is 22.1 Å². The van der Waals surface area contributed by atoms with E-state index in [-0.39, 0.29) is 25.3 Å². The van der Waals surface area contributed by atoms with Crippen molar-refractivity contribution in [3.63, 3.8) is 0 Å². The van der Waals surface area contributed by atoms with Gasteiger partial charge in [-0.05, 0) is 55.7 Å². The number of halogens is 3. The van der Waals surface area contributed by atoms with Gasteiger partial charge in [0.2, 0.25) is 5.91 Å². The number of carboxylic acid groups (broad SMARTS) is 1. The summed E-state index contributed by atoms with van der Waals surface area (Å²) >= 11 is 0. The summed E-state index contributed by atoms with van der Waals surface area (Å²) in [5, 5.41) is 13.3. The molecule has 0 spiro atoms. The van der Waals surface area contributed by atoms with Crippen molar-refractivity contribution in [1.82, 2.24) is 9.97 Å². The molecular formula is C25H21F3N4O5. The van der Waals surface area contributed by atoms with Crippen molar-refractivity contribution in [3.05, 3.63) is 54.4 Å². The Morgan fingerprint density at radius 2 is 1.89 bits per heavy atom. The standard InChI is InChI=1S/C25H21F3N4O5/c1-13-29-21-17-4-2-3-5-19(17)36-22(21)23(30-13)32-12-14(10-18(32)24(34)35)11-20(33)31-15-6-8-16(9-7-15)37-25(26,27)28/h2-9,14,18H,10-12H2,1H3,(H,31,33)(H,34,35)/t14-,18+/m1/s1. The molecule has 0 aliphatic carbocycles. The molecule has 0 radical (unpaired) electrons. The molecule has 2 N–H and O–H groups in total. The first-order valence-corrected chi connectivity index (χ1v) is 11.4. The molecular weight excluding hydrogens is 493 g/mol. The van der Waals surface area contributed by atoms with E-state index in [4.69, 9.17) is 4.42 Å². The first-order valence-electron chi connectivity index (χ1n) is 11.4. The zero-order valence-corrected chi connectivity index (χ0v) is 19.5. The molecule has 5 rings (SSSR count). The number of nitrogens with zero attached hydrogens (tertiary/aromatic N) is 3. The highest BCUT2D eigenvalue weighted by Gasteiger charge is 2.40. The number of amides is 1. The molecule has 1 fully saturated rings. The summed E-state index contributed by atoms with van der Waals surface area (Å²) in [6.07, 6.45) is -4.60. The monoisotopic (exact) mass is 514 g/mol. The van der Waals surface area contributed by atoms with E-state index in [2.05, 4.69) is 20.0 Å². The van der Waals surface area contributed by atoms with E-state index in [1.165, 1.54) is 12.1 Å². The van der Waals surface area contributed by atoms with Gasteiger partial charge in [-0.1, -0.05) is 12.1 Å². The Bertz CT molecular complexity index is 1490. The predicted molar refractivity (Wildman–Crippen MR) is 127 cm³/mol. The van der Waals surface area contributed by atoms with Crippen molar-refractivity contribution in [2.24, 2.45) is 5.92 Å². The first kappa shape index (κ1) is 24.3. The number of hydrogen-bond donors (Lipinski definition) is 2. The third-order valence-electron chi connectivity index (χ3n) is 6.10. The molecule has 192 valence electrons. The predicted octanol–water partition coefficient (Wildman–Crippen LogP) is 4.89. The quantitative estimate of drug-likeness (QED) is 0.374. The summed E-state index contributed by atoms with van der Waals surface area (Å²) in [6, 6.07) is 11.2. The summed E-state index contributed by atoms with van der Waals surface area (Å²) in [7, 11) is 0. The number of furan rings is 1. The molecule has 1 aliphatic heterocycles. The molecule has 0 unspecified atom stereocenters. The van der Waals surface area contributed by atoms with Gasteiger partial charge in [0.05, 0.1) is 0 Å². The summed E-state index contributed by atoms with van der Waals surface area (Å²) in [5.74, 6) is -1.36. The van der Waals surface area contributed by atoms with E-state index >= 15 is 0 Å². The molecule has 37 heavy (non-hydrogen) atoms. The zero-order chi connectivity index (χ0) is 26.3. The lowest BCUT2D eigenvalue weighted by Crippen LogP contribution is -2.36. The molecule has 2 aromatic heterocycles. The summed E-state index contributed by atoms with van der Waals surface area (Å²) < 4.78 is 46.8. The third kappa shape index (κ3) is 5.13. The van der Waals surface area contributed by atoms with Crippen molar-refractivity contribution in [2.45, 2.75) is 32.2 Å². The van der Waals surface area contributed by atoms with Crippen LogP contribution < -0.4 is 15.0 Å². The van der Waals surface area contributed by atoms with Gasteiger partial charge >= 0.3 is 12.3 Å². The van der Waals surface area contributed by atoms with Crippen LogP contribution in [0.5, 0.6) is 5.75 Å². The van der Waals surface area contributed by atoms with Crippen LogP contribution in [-0.2, 0) is 9.59 Å². The van der Waals surface area contributed by atoms with Crippen LogP contribution in [0.15, 0.2) is 52.9 Å². The number of hydrogen-bond acceptors (Lipinski definition) is 7. The van der Waals surface area contributed by atoms with Gasteiger partial charge in [0.25, 0.3) is 0 Å². The second-order valence-electron chi connectivity index (χ2n) is 8.80. The Kier molecular flexibility index (Phi) is 6.10. The van der Waals surface area contributed by atoms with Gasteiger partial charge in [-0.15, -0.1) is 13.2 Å². The van der Waals surface area contributed by atoms with E-state index in [1.807, 2.05) is 18.2 Å². The lowest BCUT2D eigenvalue weighted by atomic mass is 10.0. The van der Waals surface area contributed by atoms with Crippen molar-refractivity contribution < 1.29 is 37.0 Å². The lowest BCUT2D eigenvalue weighted by molar-refractivity contribution is -0.274. The maximum Gasteiger partial charge on any atom is 0.573 e. The summed E-state index contributed by atoms with van der Waals surface area (Å²) in [4.78, 5) is 35.4. The van der Waals surface area contributed by atoms with Crippen LogP contribution in [0.1, 0.15) is 18.7 Å². The smallest absolute Gasteiger partial charge is 0.480 e. The van der Waals surface area contributed by atoms with Crippen LogP contribution in [0.4, 0.5) is 24.7 Å². The van der Waals surface area contributed by atoms with Gasteiger partial charge in [0, 0.05) is 24.0 Å². The first-order chi connectivity index (χ1) is 17.6. The number of aryl methyl sites for hydroxylation is 1. The second-order valence-corrected chi connectivity index (χ2v) is 8.80. The molecule has 2 aromatic carbocycles. The fourth-order valence-corrected chi connectivity index (χ4v) is 4.63. The van der Waals surface area contributed by atoms with Crippen LogP contribution in [0.2, 0.25) is 0 Å². The van der Waals surface area contributed by atoms with Crippen LogP contribution in [0.3, 0.4) is 0 Å². The normalized spacial score (nSPS) is 17.9. The van der Waals surface area contributed by atoms with E-state index in [0.717, 1.165) is 17.5 Å². The number of anilines is 2. The number of aliphatic carboxylic acids is 1. The van der Waals surface area contributed by atoms with Gasteiger partial charge in [-0.3, -0.25) is 4.79 Å². The molecule has 2 atom stereocenters. The van der Waals surface area contributed by atoms with Gasteiger partial charge in [0.1, 0.15) is 28.7 Å². The van der Waals surface area contributed by atoms with Crippen LogP contribution in [-0.4, -0.2) is 45.9 Å². The summed E-state index contributed by atoms with van der Waals surface area (Å²) in [6.45, 7) is 1.96. The highest BCUT2D eigenvalue weighted by molar-refractivity contribution is 6.06.